The Kier molecular flexibility index (Phi) is 8.01. The van der Waals surface area contributed by atoms with E-state index in [2.05, 4.69) is 4.98 Å². The monoisotopic (exact) mass is 552 g/mol. The quantitative estimate of drug-likeness (QED) is 0.214. The number of pyridine rings is 1. The molecule has 2 N–H and O–H groups in total. The minimum absolute atomic E-state index is 0.128. The lowest BCUT2D eigenvalue weighted by Gasteiger charge is -2.11. The maximum Gasteiger partial charge on any atom is 0.310 e. The standard InChI is InChI=1S/C33H29ClN2O4/c1-36(2)14-15-40-32(38)17-21-6-5-7-24(16-21)28-19-25-18-27(29(34)20-30(25)35-33(28)39)23-12-10-22(11-13-23)26-8-3-4-9-31(26)37/h3-13,16,18-20,37H,14-15,17H2,1-2H3,(H,35,39). The lowest BCUT2D eigenvalue weighted by molar-refractivity contribution is -0.143. The van der Waals surface area contributed by atoms with E-state index in [1.54, 1.807) is 18.2 Å². The van der Waals surface area contributed by atoms with Gasteiger partial charge in [0.15, 0.2) is 0 Å². The van der Waals surface area contributed by atoms with E-state index in [1.165, 1.54) is 0 Å². The number of ether oxygens (including phenoxy) is 1. The molecule has 4 aromatic carbocycles. The van der Waals surface area contributed by atoms with Crippen molar-refractivity contribution in [2.24, 2.45) is 0 Å². The maximum absolute atomic E-state index is 13.0. The van der Waals surface area contributed by atoms with E-state index in [4.69, 9.17) is 16.3 Å². The van der Waals surface area contributed by atoms with Crippen LogP contribution in [0.4, 0.5) is 0 Å². The predicted molar refractivity (Wildman–Crippen MR) is 161 cm³/mol. The Morgan fingerprint density at radius 2 is 1.55 bits per heavy atom. The van der Waals surface area contributed by atoms with Gasteiger partial charge in [0.25, 0.3) is 5.56 Å². The highest BCUT2D eigenvalue weighted by Crippen LogP contribution is 2.35. The highest BCUT2D eigenvalue weighted by atomic mass is 35.5. The van der Waals surface area contributed by atoms with Gasteiger partial charge in [0.1, 0.15) is 12.4 Å². The fourth-order valence-electron chi connectivity index (χ4n) is 4.62. The van der Waals surface area contributed by atoms with E-state index in [1.807, 2.05) is 91.8 Å². The van der Waals surface area contributed by atoms with E-state index < -0.39 is 0 Å². The molecule has 0 spiro atoms. The first kappa shape index (κ1) is 27.2. The summed E-state index contributed by atoms with van der Waals surface area (Å²) in [6, 6.07) is 28.0. The van der Waals surface area contributed by atoms with Crippen molar-refractivity contribution in [1.29, 1.82) is 0 Å². The van der Waals surface area contributed by atoms with Crippen LogP contribution >= 0.6 is 11.6 Å². The number of phenolic OH excluding ortho intramolecular Hbond substituents is 1. The number of hydrogen-bond donors (Lipinski definition) is 2. The number of aromatic hydroxyl groups is 1. The van der Waals surface area contributed by atoms with Gasteiger partial charge in [-0.2, -0.15) is 0 Å². The first-order chi connectivity index (χ1) is 19.3. The molecule has 40 heavy (non-hydrogen) atoms. The van der Waals surface area contributed by atoms with E-state index in [9.17, 15) is 14.7 Å². The molecule has 5 rings (SSSR count). The molecule has 0 fully saturated rings. The van der Waals surface area contributed by atoms with Gasteiger partial charge in [-0.15, -0.1) is 0 Å². The van der Waals surface area contributed by atoms with Crippen LogP contribution in [-0.2, 0) is 16.0 Å². The first-order valence-electron chi connectivity index (χ1n) is 12.9. The Hall–Kier alpha value is -4.39. The van der Waals surface area contributed by atoms with Crippen molar-refractivity contribution < 1.29 is 14.6 Å². The third kappa shape index (κ3) is 6.09. The normalized spacial score (nSPS) is 11.2. The number of fused-ring (bicyclic) bond motifs is 1. The second kappa shape index (κ2) is 11.8. The average Bonchev–Trinajstić information content (AvgIpc) is 2.93. The molecule has 6 nitrogen and oxygen atoms in total. The molecule has 0 saturated carbocycles. The number of halogens is 1. The zero-order valence-corrected chi connectivity index (χ0v) is 23.0. The summed E-state index contributed by atoms with van der Waals surface area (Å²) in [5.41, 5.74) is 5.76. The maximum atomic E-state index is 13.0. The van der Waals surface area contributed by atoms with Gasteiger partial charge in [-0.05, 0) is 66.0 Å². The molecule has 0 bridgehead atoms. The minimum Gasteiger partial charge on any atom is -0.507 e. The molecule has 1 heterocycles. The van der Waals surface area contributed by atoms with Crippen LogP contribution in [0.1, 0.15) is 5.56 Å². The van der Waals surface area contributed by atoms with Crippen molar-refractivity contribution in [1.82, 2.24) is 9.88 Å². The molecule has 0 unspecified atom stereocenters. The Labute approximate surface area is 237 Å². The molecular formula is C33H29ClN2O4. The number of esters is 1. The van der Waals surface area contributed by atoms with Crippen molar-refractivity contribution in [2.45, 2.75) is 6.42 Å². The molecule has 0 radical (unpaired) electrons. The van der Waals surface area contributed by atoms with Gasteiger partial charge in [0.05, 0.1) is 11.4 Å². The number of nitrogens with one attached hydrogen (secondary N) is 1. The third-order valence-corrected chi connectivity index (χ3v) is 7.04. The summed E-state index contributed by atoms with van der Waals surface area (Å²) in [5, 5.41) is 11.5. The van der Waals surface area contributed by atoms with Crippen molar-refractivity contribution in [3.05, 3.63) is 112 Å². The van der Waals surface area contributed by atoms with Gasteiger partial charge in [-0.1, -0.05) is 78.3 Å². The molecule has 0 amide bonds. The van der Waals surface area contributed by atoms with Gasteiger partial charge in [0, 0.05) is 28.8 Å². The predicted octanol–water partition coefficient (Wildman–Crippen LogP) is 6.54. The molecule has 7 heteroatoms. The summed E-state index contributed by atoms with van der Waals surface area (Å²) in [5.74, 6) is -0.0834. The summed E-state index contributed by atoms with van der Waals surface area (Å²) >= 11 is 6.64. The number of aromatic nitrogens is 1. The summed E-state index contributed by atoms with van der Waals surface area (Å²) in [7, 11) is 3.84. The molecule has 202 valence electrons. The number of hydrogen-bond acceptors (Lipinski definition) is 5. The van der Waals surface area contributed by atoms with Crippen molar-refractivity contribution in [3.8, 4) is 39.1 Å². The number of phenols is 1. The number of carbonyl (C=O) groups excluding carboxylic acids is 1. The van der Waals surface area contributed by atoms with Crippen molar-refractivity contribution >= 4 is 28.5 Å². The van der Waals surface area contributed by atoms with Gasteiger partial charge in [-0.3, -0.25) is 9.59 Å². The molecule has 0 aliphatic carbocycles. The smallest absolute Gasteiger partial charge is 0.310 e. The Bertz CT molecular complexity index is 1740. The topological polar surface area (TPSA) is 82.6 Å². The second-order valence-electron chi connectivity index (χ2n) is 9.93. The van der Waals surface area contributed by atoms with Crippen LogP contribution in [0.25, 0.3) is 44.3 Å². The zero-order chi connectivity index (χ0) is 28.2. The molecule has 1 aromatic heterocycles. The highest BCUT2D eigenvalue weighted by molar-refractivity contribution is 6.34. The molecular weight excluding hydrogens is 524 g/mol. The third-order valence-electron chi connectivity index (χ3n) is 6.73. The number of carbonyl (C=O) groups is 1. The van der Waals surface area contributed by atoms with E-state index >= 15 is 0 Å². The van der Waals surface area contributed by atoms with Crippen LogP contribution in [-0.4, -0.2) is 48.2 Å². The highest BCUT2D eigenvalue weighted by Gasteiger charge is 2.13. The lowest BCUT2D eigenvalue weighted by atomic mass is 9.97. The fraction of sp³-hybridized carbons (Fsp3) is 0.152. The summed E-state index contributed by atoms with van der Waals surface area (Å²) in [4.78, 5) is 30.2. The lowest BCUT2D eigenvalue weighted by Crippen LogP contribution is -2.20. The van der Waals surface area contributed by atoms with Gasteiger partial charge < -0.3 is 19.7 Å². The number of para-hydroxylation sites is 1. The van der Waals surface area contributed by atoms with E-state index in [0.29, 0.717) is 34.8 Å². The first-order valence-corrected chi connectivity index (χ1v) is 13.3. The Morgan fingerprint density at radius 1 is 0.850 bits per heavy atom. The summed E-state index contributed by atoms with van der Waals surface area (Å²) in [6.45, 7) is 0.989. The van der Waals surface area contributed by atoms with Crippen molar-refractivity contribution in [2.75, 3.05) is 27.2 Å². The van der Waals surface area contributed by atoms with Crippen LogP contribution in [0.3, 0.4) is 0 Å². The number of likely N-dealkylation sites (N-methyl/N-ethyl adjacent to an activating group) is 1. The molecule has 0 saturated heterocycles. The molecule has 0 aliphatic rings. The van der Waals surface area contributed by atoms with Crippen LogP contribution in [0.2, 0.25) is 5.02 Å². The van der Waals surface area contributed by atoms with E-state index in [-0.39, 0.29) is 23.7 Å². The van der Waals surface area contributed by atoms with Gasteiger partial charge in [-0.25, -0.2) is 0 Å². The number of aromatic amines is 1. The summed E-state index contributed by atoms with van der Waals surface area (Å²) < 4.78 is 5.32. The SMILES string of the molecule is CN(C)CCOC(=O)Cc1cccc(-c2cc3cc(-c4ccc(-c5ccccc5O)cc4)c(Cl)cc3[nH]c2=O)c1. The summed E-state index contributed by atoms with van der Waals surface area (Å²) in [6.07, 6.45) is 0.128. The van der Waals surface area contributed by atoms with Crippen LogP contribution in [0, 0.1) is 0 Å². The van der Waals surface area contributed by atoms with Gasteiger partial charge in [0.2, 0.25) is 0 Å². The number of nitrogens with zero attached hydrogens (tertiary/aromatic N) is 1. The zero-order valence-electron chi connectivity index (χ0n) is 22.3. The molecule has 5 aromatic rings. The molecule has 0 atom stereocenters. The number of H-pyrrole nitrogens is 1. The average molecular weight is 553 g/mol. The minimum atomic E-state index is -0.306. The van der Waals surface area contributed by atoms with Crippen LogP contribution < -0.4 is 5.56 Å². The number of rotatable bonds is 8. The van der Waals surface area contributed by atoms with Gasteiger partial charge >= 0.3 is 5.97 Å². The van der Waals surface area contributed by atoms with Crippen LogP contribution in [0.5, 0.6) is 5.75 Å². The Balaban J connectivity index is 1.44. The molecule has 0 aliphatic heterocycles. The van der Waals surface area contributed by atoms with Crippen LogP contribution in [0.15, 0.2) is 95.8 Å². The van der Waals surface area contributed by atoms with E-state index in [0.717, 1.165) is 33.2 Å². The number of benzene rings is 4. The largest absolute Gasteiger partial charge is 0.507 e. The fourth-order valence-corrected chi connectivity index (χ4v) is 4.89. The van der Waals surface area contributed by atoms with Crippen molar-refractivity contribution in [3.63, 3.8) is 0 Å². The second-order valence-corrected chi connectivity index (χ2v) is 10.3. The Morgan fingerprint density at radius 3 is 2.27 bits per heavy atom.